The number of halogens is 1. The molecule has 0 aliphatic carbocycles. The number of benzene rings is 1. The van der Waals surface area contributed by atoms with Gasteiger partial charge >= 0.3 is 0 Å². The minimum atomic E-state index is -0.0893. The molecule has 1 N–H and O–H groups in total. The van der Waals surface area contributed by atoms with Crippen LogP contribution in [0.5, 0.6) is 0 Å². The number of aryl methyl sites for hydroxylation is 1. The van der Waals surface area contributed by atoms with E-state index in [0.29, 0.717) is 11.6 Å². The first-order valence-corrected chi connectivity index (χ1v) is 7.01. The van der Waals surface area contributed by atoms with Gasteiger partial charge in [-0.05, 0) is 30.7 Å². The Morgan fingerprint density at radius 2 is 2.06 bits per heavy atom. The molecule has 1 aromatic heterocycles. The summed E-state index contributed by atoms with van der Waals surface area (Å²) >= 11 is 7.44. The fraction of sp³-hybridized carbons (Fsp3) is 0.231. The topological polar surface area (TPSA) is 45.8 Å². The Hall–Kier alpha value is -1.26. The zero-order chi connectivity index (χ0) is 13.0. The third-order valence-corrected chi connectivity index (χ3v) is 3.67. The third-order valence-electron chi connectivity index (χ3n) is 2.40. The lowest BCUT2D eigenvalue weighted by atomic mass is 10.3. The maximum Gasteiger partial charge on any atom is 0.251 e. The van der Waals surface area contributed by atoms with Crippen molar-refractivity contribution in [1.29, 1.82) is 0 Å². The highest BCUT2D eigenvalue weighted by atomic mass is 35.5. The molecule has 18 heavy (non-hydrogen) atoms. The molecule has 1 aromatic carbocycles. The van der Waals surface area contributed by atoms with Gasteiger partial charge in [0.25, 0.3) is 5.56 Å². The van der Waals surface area contributed by atoms with Gasteiger partial charge in [-0.15, -0.1) is 11.8 Å². The number of hydrogen-bond acceptors (Lipinski definition) is 3. The SMILES string of the molecule is CCc1cc(=O)[nH]c(CSc2ccc(Cl)cc2)n1. The molecule has 2 aromatic rings. The van der Waals surface area contributed by atoms with Crippen molar-refractivity contribution in [3.05, 3.63) is 57.2 Å². The first kappa shape index (κ1) is 13.2. The molecule has 0 aliphatic heterocycles. The van der Waals surface area contributed by atoms with Crippen molar-refractivity contribution in [2.24, 2.45) is 0 Å². The lowest BCUT2D eigenvalue weighted by molar-refractivity contribution is 0.920. The molecule has 0 saturated carbocycles. The molecule has 0 saturated heterocycles. The average Bonchev–Trinajstić information content (AvgIpc) is 2.37. The van der Waals surface area contributed by atoms with Gasteiger partial charge in [0.1, 0.15) is 5.82 Å². The van der Waals surface area contributed by atoms with Gasteiger partial charge in [0.2, 0.25) is 0 Å². The van der Waals surface area contributed by atoms with Crippen molar-refractivity contribution < 1.29 is 0 Å². The van der Waals surface area contributed by atoms with Gasteiger partial charge in [-0.25, -0.2) is 4.98 Å². The summed E-state index contributed by atoms with van der Waals surface area (Å²) in [5.41, 5.74) is 0.735. The Bertz CT molecular complexity index is 580. The number of rotatable bonds is 4. The summed E-state index contributed by atoms with van der Waals surface area (Å²) in [6.45, 7) is 1.98. The Labute approximate surface area is 115 Å². The fourth-order valence-electron chi connectivity index (χ4n) is 1.50. The zero-order valence-electron chi connectivity index (χ0n) is 9.94. The van der Waals surface area contributed by atoms with Crippen LogP contribution in [0, 0.1) is 0 Å². The molecule has 3 nitrogen and oxygen atoms in total. The minimum Gasteiger partial charge on any atom is -0.310 e. The van der Waals surface area contributed by atoms with E-state index in [2.05, 4.69) is 9.97 Å². The van der Waals surface area contributed by atoms with Gasteiger partial charge in [-0.2, -0.15) is 0 Å². The van der Waals surface area contributed by atoms with Gasteiger partial charge in [0.05, 0.1) is 5.75 Å². The van der Waals surface area contributed by atoms with Crippen LogP contribution in [-0.2, 0) is 12.2 Å². The lowest BCUT2D eigenvalue weighted by Crippen LogP contribution is -2.11. The Morgan fingerprint density at radius 1 is 1.33 bits per heavy atom. The van der Waals surface area contributed by atoms with Crippen molar-refractivity contribution in [3.8, 4) is 0 Å². The van der Waals surface area contributed by atoms with Crippen LogP contribution < -0.4 is 5.56 Å². The Balaban J connectivity index is 2.08. The maximum absolute atomic E-state index is 11.4. The molecule has 0 atom stereocenters. The molecule has 0 bridgehead atoms. The number of nitrogens with zero attached hydrogens (tertiary/aromatic N) is 1. The first-order valence-electron chi connectivity index (χ1n) is 5.65. The molecular formula is C13H13ClN2OS. The number of aromatic amines is 1. The van der Waals surface area contributed by atoms with Crippen molar-refractivity contribution in [2.75, 3.05) is 0 Å². The van der Waals surface area contributed by atoms with E-state index in [9.17, 15) is 4.79 Å². The number of hydrogen-bond donors (Lipinski definition) is 1. The summed E-state index contributed by atoms with van der Waals surface area (Å²) in [6, 6.07) is 9.14. The second-order valence-corrected chi connectivity index (χ2v) is 5.26. The van der Waals surface area contributed by atoms with Crippen LogP contribution in [0.4, 0.5) is 0 Å². The third kappa shape index (κ3) is 3.62. The summed E-state index contributed by atoms with van der Waals surface area (Å²) < 4.78 is 0. The smallest absolute Gasteiger partial charge is 0.251 e. The number of aromatic nitrogens is 2. The van der Waals surface area contributed by atoms with Gasteiger partial charge < -0.3 is 4.98 Å². The molecule has 5 heteroatoms. The van der Waals surface area contributed by atoms with Gasteiger partial charge in [-0.3, -0.25) is 4.79 Å². The van der Waals surface area contributed by atoms with Crippen molar-refractivity contribution in [1.82, 2.24) is 9.97 Å². The van der Waals surface area contributed by atoms with Crippen LogP contribution in [0.25, 0.3) is 0 Å². The molecule has 0 fully saturated rings. The summed E-state index contributed by atoms with van der Waals surface area (Å²) in [5, 5.41) is 0.721. The summed E-state index contributed by atoms with van der Waals surface area (Å²) in [7, 11) is 0. The predicted molar refractivity (Wildman–Crippen MR) is 75.2 cm³/mol. The van der Waals surface area contributed by atoms with E-state index in [1.807, 2.05) is 31.2 Å². The molecule has 1 heterocycles. The normalized spacial score (nSPS) is 10.6. The second kappa shape index (κ2) is 6.07. The average molecular weight is 281 g/mol. The monoisotopic (exact) mass is 280 g/mol. The highest BCUT2D eigenvalue weighted by Gasteiger charge is 2.01. The molecule has 0 amide bonds. The van der Waals surface area contributed by atoms with Crippen LogP contribution >= 0.6 is 23.4 Å². The van der Waals surface area contributed by atoms with Crippen LogP contribution in [0.15, 0.2) is 40.0 Å². The van der Waals surface area contributed by atoms with Gasteiger partial charge in [0, 0.05) is 21.7 Å². The molecule has 0 aliphatic rings. The van der Waals surface area contributed by atoms with E-state index >= 15 is 0 Å². The summed E-state index contributed by atoms with van der Waals surface area (Å²) in [5.74, 6) is 1.35. The Kier molecular flexibility index (Phi) is 4.44. The van der Waals surface area contributed by atoms with Crippen LogP contribution in [0.2, 0.25) is 5.02 Å². The standard InChI is InChI=1S/C13H13ClN2OS/c1-2-10-7-13(17)16-12(15-10)8-18-11-5-3-9(14)4-6-11/h3-7H,2,8H2,1H3,(H,15,16,17). The zero-order valence-corrected chi connectivity index (χ0v) is 11.5. The summed E-state index contributed by atoms with van der Waals surface area (Å²) in [4.78, 5) is 19.6. The van der Waals surface area contributed by atoms with Crippen LogP contribution in [0.1, 0.15) is 18.4 Å². The van der Waals surface area contributed by atoms with Crippen molar-refractivity contribution >= 4 is 23.4 Å². The van der Waals surface area contributed by atoms with Crippen molar-refractivity contribution in [2.45, 2.75) is 24.0 Å². The quantitative estimate of drug-likeness (QED) is 0.874. The highest BCUT2D eigenvalue weighted by Crippen LogP contribution is 2.22. The lowest BCUT2D eigenvalue weighted by Gasteiger charge is -2.03. The van der Waals surface area contributed by atoms with E-state index in [0.717, 1.165) is 22.0 Å². The number of H-pyrrole nitrogens is 1. The van der Waals surface area contributed by atoms with E-state index in [-0.39, 0.29) is 5.56 Å². The molecular weight excluding hydrogens is 268 g/mol. The van der Waals surface area contributed by atoms with E-state index in [1.54, 1.807) is 11.8 Å². The maximum atomic E-state index is 11.4. The van der Waals surface area contributed by atoms with Gasteiger partial charge in [0.15, 0.2) is 0 Å². The molecule has 94 valence electrons. The minimum absolute atomic E-state index is 0.0893. The number of nitrogens with one attached hydrogen (secondary N) is 1. The van der Waals surface area contributed by atoms with Crippen LogP contribution in [0.3, 0.4) is 0 Å². The number of thioether (sulfide) groups is 1. The Morgan fingerprint density at radius 3 is 2.72 bits per heavy atom. The molecule has 0 radical (unpaired) electrons. The second-order valence-electron chi connectivity index (χ2n) is 3.78. The molecule has 0 unspecified atom stereocenters. The van der Waals surface area contributed by atoms with E-state index in [4.69, 9.17) is 11.6 Å². The van der Waals surface area contributed by atoms with Gasteiger partial charge in [-0.1, -0.05) is 18.5 Å². The van der Waals surface area contributed by atoms with E-state index in [1.165, 1.54) is 6.07 Å². The summed E-state index contributed by atoms with van der Waals surface area (Å²) in [6.07, 6.45) is 0.766. The fourth-order valence-corrected chi connectivity index (χ4v) is 2.39. The van der Waals surface area contributed by atoms with E-state index < -0.39 is 0 Å². The van der Waals surface area contributed by atoms with Crippen LogP contribution in [-0.4, -0.2) is 9.97 Å². The highest BCUT2D eigenvalue weighted by molar-refractivity contribution is 7.98. The molecule has 2 rings (SSSR count). The first-order chi connectivity index (χ1) is 8.67. The van der Waals surface area contributed by atoms with Crippen molar-refractivity contribution in [3.63, 3.8) is 0 Å². The predicted octanol–water partition coefficient (Wildman–Crippen LogP) is 3.28. The largest absolute Gasteiger partial charge is 0.310 e. The molecule has 0 spiro atoms.